The van der Waals surface area contributed by atoms with Crippen LogP contribution in [0.3, 0.4) is 0 Å². The molecule has 1 aromatic heterocycles. The molecule has 2 saturated heterocycles. The van der Waals surface area contributed by atoms with E-state index in [1.807, 2.05) is 0 Å². The van der Waals surface area contributed by atoms with E-state index in [0.29, 0.717) is 18.6 Å². The average molecular weight is 292 g/mol. The molecule has 0 aromatic carbocycles. The van der Waals surface area contributed by atoms with E-state index in [-0.39, 0.29) is 17.9 Å². The van der Waals surface area contributed by atoms with E-state index in [1.165, 1.54) is 6.42 Å². The zero-order chi connectivity index (χ0) is 13.3. The van der Waals surface area contributed by atoms with E-state index in [4.69, 9.17) is 9.47 Å². The number of rotatable bonds is 2. The van der Waals surface area contributed by atoms with Crippen molar-refractivity contribution in [1.29, 1.82) is 0 Å². The van der Waals surface area contributed by atoms with Crippen molar-refractivity contribution in [2.75, 3.05) is 11.9 Å². The van der Waals surface area contributed by atoms with Gasteiger partial charge < -0.3 is 14.8 Å². The molecule has 5 nitrogen and oxygen atoms in total. The fourth-order valence-electron chi connectivity index (χ4n) is 3.99. The maximum Gasteiger partial charge on any atom is 0.231 e. The molecule has 1 saturated carbocycles. The molecule has 4 aliphatic rings. The third-order valence-electron chi connectivity index (χ3n) is 5.07. The van der Waals surface area contributed by atoms with Crippen LogP contribution in [0.4, 0.5) is 5.13 Å². The summed E-state index contributed by atoms with van der Waals surface area (Å²) in [6.45, 7) is 1.36. The van der Waals surface area contributed by atoms with Crippen LogP contribution < -0.4 is 5.32 Å². The molecule has 5 rings (SSSR count). The highest BCUT2D eigenvalue weighted by atomic mass is 32.1. The fourth-order valence-corrected chi connectivity index (χ4v) is 4.93. The van der Waals surface area contributed by atoms with Gasteiger partial charge >= 0.3 is 0 Å². The highest BCUT2D eigenvalue weighted by Crippen LogP contribution is 2.60. The van der Waals surface area contributed by atoms with Crippen LogP contribution in [0.5, 0.6) is 0 Å². The molecule has 0 spiro atoms. The molecule has 1 aromatic rings. The van der Waals surface area contributed by atoms with Crippen molar-refractivity contribution in [1.82, 2.24) is 4.98 Å². The van der Waals surface area contributed by atoms with Gasteiger partial charge in [0.05, 0.1) is 41.9 Å². The Labute approximate surface area is 120 Å². The Kier molecular flexibility index (Phi) is 2.34. The Morgan fingerprint density at radius 1 is 1.35 bits per heavy atom. The number of carbonyl (C=O) groups is 1. The molecule has 1 aliphatic carbocycles. The fraction of sp³-hybridized carbons (Fsp3) is 0.714. The Morgan fingerprint density at radius 2 is 2.30 bits per heavy atom. The molecule has 2 bridgehead atoms. The minimum Gasteiger partial charge on any atom is -0.375 e. The second kappa shape index (κ2) is 4.02. The number of amides is 1. The highest BCUT2D eigenvalue weighted by molar-refractivity contribution is 7.15. The Morgan fingerprint density at radius 3 is 3.10 bits per heavy atom. The second-order valence-corrected chi connectivity index (χ2v) is 7.31. The summed E-state index contributed by atoms with van der Waals surface area (Å²) >= 11 is 1.54. The van der Waals surface area contributed by atoms with Gasteiger partial charge in [-0.15, -0.1) is 0 Å². The zero-order valence-corrected chi connectivity index (χ0v) is 11.8. The first-order chi connectivity index (χ1) is 9.79. The number of hydrogen-bond acceptors (Lipinski definition) is 5. The third kappa shape index (κ3) is 1.61. The Bertz CT molecular complexity index is 563. The summed E-state index contributed by atoms with van der Waals surface area (Å²) in [7, 11) is 0. The first-order valence-electron chi connectivity index (χ1n) is 7.32. The Hall–Kier alpha value is -0.980. The van der Waals surface area contributed by atoms with E-state index >= 15 is 0 Å². The van der Waals surface area contributed by atoms with Gasteiger partial charge in [-0.2, -0.15) is 0 Å². The normalized spacial score (nSPS) is 40.3. The molecule has 20 heavy (non-hydrogen) atoms. The van der Waals surface area contributed by atoms with Crippen molar-refractivity contribution in [3.05, 3.63) is 10.6 Å². The molecule has 1 amide bonds. The predicted molar refractivity (Wildman–Crippen MR) is 72.5 cm³/mol. The van der Waals surface area contributed by atoms with Gasteiger partial charge in [0, 0.05) is 6.42 Å². The van der Waals surface area contributed by atoms with E-state index < -0.39 is 0 Å². The van der Waals surface area contributed by atoms with Gasteiger partial charge in [0.15, 0.2) is 5.13 Å². The summed E-state index contributed by atoms with van der Waals surface area (Å²) in [5, 5.41) is 3.72. The number of anilines is 1. The van der Waals surface area contributed by atoms with E-state index in [1.54, 1.807) is 11.3 Å². The summed E-state index contributed by atoms with van der Waals surface area (Å²) in [5.74, 6) is 1.53. The third-order valence-corrected chi connectivity index (χ3v) is 6.05. The average Bonchev–Trinajstić information content (AvgIpc) is 2.86. The van der Waals surface area contributed by atoms with Crippen LogP contribution in [0.2, 0.25) is 0 Å². The molecular formula is C14H16N2O3S. The monoisotopic (exact) mass is 292 g/mol. The standard InChI is InChI=1S/C14H16N2O3S/c17-13(8-4-10-6-3-7(6)12(8)19-10)16-14-15-9-1-2-18-5-11(9)20-14/h6-8,10,12H,1-5H2,(H,15,16,17)/t6-,7+,8-,10+,12+/m1/s1. The van der Waals surface area contributed by atoms with Crippen LogP contribution in [-0.2, 0) is 27.3 Å². The molecule has 5 atom stereocenters. The van der Waals surface area contributed by atoms with Crippen molar-refractivity contribution in [3.8, 4) is 0 Å². The van der Waals surface area contributed by atoms with Crippen LogP contribution in [-0.4, -0.2) is 29.7 Å². The summed E-state index contributed by atoms with van der Waals surface area (Å²) in [4.78, 5) is 18.1. The maximum absolute atomic E-state index is 12.4. The number of carbonyl (C=O) groups excluding carboxylic acids is 1. The largest absolute Gasteiger partial charge is 0.375 e. The van der Waals surface area contributed by atoms with Crippen LogP contribution in [0.1, 0.15) is 23.4 Å². The first kappa shape index (κ1) is 11.7. The summed E-state index contributed by atoms with van der Waals surface area (Å²) < 4.78 is 11.3. The number of thiazole rings is 1. The van der Waals surface area contributed by atoms with Crippen molar-refractivity contribution < 1.29 is 14.3 Å². The van der Waals surface area contributed by atoms with Crippen LogP contribution in [0.25, 0.3) is 0 Å². The number of hydrogen-bond donors (Lipinski definition) is 1. The van der Waals surface area contributed by atoms with E-state index in [9.17, 15) is 4.79 Å². The van der Waals surface area contributed by atoms with Gasteiger partial charge in [-0.3, -0.25) is 4.79 Å². The SMILES string of the molecule is O=C(Nc1nc2c(s1)COCC2)[C@@H]1C[C@@H]2O[C@H]1[C@H]1C[C@H]12. The molecule has 0 unspecified atom stereocenters. The van der Waals surface area contributed by atoms with Gasteiger partial charge in [-0.05, 0) is 24.7 Å². The lowest BCUT2D eigenvalue weighted by atomic mass is 9.88. The lowest BCUT2D eigenvalue weighted by molar-refractivity contribution is -0.121. The van der Waals surface area contributed by atoms with Crippen molar-refractivity contribution in [2.24, 2.45) is 17.8 Å². The molecule has 3 fully saturated rings. The van der Waals surface area contributed by atoms with Crippen LogP contribution >= 0.6 is 11.3 Å². The highest BCUT2D eigenvalue weighted by Gasteiger charge is 2.64. The van der Waals surface area contributed by atoms with E-state index in [0.717, 1.165) is 41.1 Å². The number of nitrogens with zero attached hydrogens (tertiary/aromatic N) is 1. The van der Waals surface area contributed by atoms with Gasteiger partial charge in [0.25, 0.3) is 0 Å². The van der Waals surface area contributed by atoms with Gasteiger partial charge in [0.2, 0.25) is 5.91 Å². The minimum absolute atomic E-state index is 0.0286. The molecule has 6 heteroatoms. The number of nitrogens with one attached hydrogen (secondary N) is 1. The van der Waals surface area contributed by atoms with Crippen molar-refractivity contribution in [3.63, 3.8) is 0 Å². The number of aromatic nitrogens is 1. The summed E-state index contributed by atoms with van der Waals surface area (Å²) in [6, 6.07) is 0. The lowest BCUT2D eigenvalue weighted by Crippen LogP contribution is -2.32. The van der Waals surface area contributed by atoms with Crippen LogP contribution in [0, 0.1) is 17.8 Å². The number of ether oxygens (including phenoxy) is 2. The second-order valence-electron chi connectivity index (χ2n) is 6.23. The summed E-state index contributed by atoms with van der Waals surface area (Å²) in [6.07, 6.45) is 3.53. The van der Waals surface area contributed by atoms with Crippen LogP contribution in [0.15, 0.2) is 0 Å². The summed E-state index contributed by atoms with van der Waals surface area (Å²) in [5.41, 5.74) is 1.09. The van der Waals surface area contributed by atoms with Crippen molar-refractivity contribution >= 4 is 22.4 Å². The van der Waals surface area contributed by atoms with Gasteiger partial charge in [0.1, 0.15) is 0 Å². The molecular weight excluding hydrogens is 276 g/mol. The molecule has 1 N–H and O–H groups in total. The minimum atomic E-state index is 0.0286. The lowest BCUT2D eigenvalue weighted by Gasteiger charge is -2.16. The van der Waals surface area contributed by atoms with Crippen molar-refractivity contribution in [2.45, 2.75) is 38.1 Å². The topological polar surface area (TPSA) is 60.5 Å². The predicted octanol–water partition coefficient (Wildman–Crippen LogP) is 1.58. The first-order valence-corrected chi connectivity index (χ1v) is 8.14. The van der Waals surface area contributed by atoms with Gasteiger partial charge in [-0.1, -0.05) is 11.3 Å². The molecule has 0 radical (unpaired) electrons. The maximum atomic E-state index is 12.4. The number of fused-ring (bicyclic) bond motifs is 6. The van der Waals surface area contributed by atoms with Gasteiger partial charge in [-0.25, -0.2) is 4.98 Å². The molecule has 4 heterocycles. The smallest absolute Gasteiger partial charge is 0.231 e. The molecule has 3 aliphatic heterocycles. The quantitative estimate of drug-likeness (QED) is 0.899. The van der Waals surface area contributed by atoms with E-state index in [2.05, 4.69) is 10.3 Å². The molecule has 106 valence electrons. The Balaban J connectivity index is 1.32. The zero-order valence-electron chi connectivity index (χ0n) is 11.0.